The second-order valence-electron chi connectivity index (χ2n) is 6.03. The van der Waals surface area contributed by atoms with Crippen LogP contribution in [0.4, 0.5) is 0 Å². The van der Waals surface area contributed by atoms with Crippen LogP contribution in [0.5, 0.6) is 5.75 Å². The second-order valence-corrected chi connectivity index (χ2v) is 6.03. The molecule has 1 aliphatic rings. The van der Waals surface area contributed by atoms with E-state index in [4.69, 9.17) is 4.74 Å². The molecule has 3 rings (SSSR count). The Morgan fingerprint density at radius 1 is 1.27 bits per heavy atom. The number of piperidine rings is 1. The van der Waals surface area contributed by atoms with Gasteiger partial charge < -0.3 is 14.2 Å². The Morgan fingerprint density at radius 2 is 2.05 bits per heavy atom. The number of ether oxygens (including phenoxy) is 1. The first-order chi connectivity index (χ1) is 10.7. The van der Waals surface area contributed by atoms with E-state index < -0.39 is 0 Å². The third-order valence-corrected chi connectivity index (χ3v) is 4.41. The first-order valence-corrected chi connectivity index (χ1v) is 7.96. The molecule has 2 aromatic rings. The second kappa shape index (κ2) is 6.48. The SMILES string of the molecule is COc1ccc2ncc(=O)n(C(C)CN3CCCCC3)c2c1. The average molecular weight is 301 g/mol. The maximum atomic E-state index is 12.4. The van der Waals surface area contributed by atoms with Crippen molar-refractivity contribution < 1.29 is 4.74 Å². The molecule has 0 amide bonds. The monoisotopic (exact) mass is 301 g/mol. The molecule has 1 aromatic heterocycles. The van der Waals surface area contributed by atoms with Crippen LogP contribution in [0.15, 0.2) is 29.2 Å². The van der Waals surface area contributed by atoms with Crippen LogP contribution in [0.2, 0.25) is 0 Å². The Kier molecular flexibility index (Phi) is 4.43. The molecule has 2 heterocycles. The van der Waals surface area contributed by atoms with Gasteiger partial charge in [0.2, 0.25) is 0 Å². The van der Waals surface area contributed by atoms with Gasteiger partial charge in [0, 0.05) is 18.7 Å². The number of hydrogen-bond donors (Lipinski definition) is 0. The largest absolute Gasteiger partial charge is 0.497 e. The van der Waals surface area contributed by atoms with Gasteiger partial charge in [-0.05, 0) is 45.0 Å². The number of hydrogen-bond acceptors (Lipinski definition) is 4. The minimum atomic E-state index is -0.0507. The Bertz CT molecular complexity index is 705. The zero-order valence-electron chi connectivity index (χ0n) is 13.3. The van der Waals surface area contributed by atoms with Crippen LogP contribution in [0.1, 0.15) is 32.2 Å². The summed E-state index contributed by atoms with van der Waals surface area (Å²) in [4.78, 5) is 19.1. The fourth-order valence-corrected chi connectivity index (χ4v) is 3.29. The zero-order valence-corrected chi connectivity index (χ0v) is 13.3. The lowest BCUT2D eigenvalue weighted by Crippen LogP contribution is -2.37. The molecule has 1 aliphatic heterocycles. The van der Waals surface area contributed by atoms with Crippen molar-refractivity contribution in [1.82, 2.24) is 14.5 Å². The highest BCUT2D eigenvalue weighted by Crippen LogP contribution is 2.21. The average Bonchev–Trinajstić information content (AvgIpc) is 2.55. The van der Waals surface area contributed by atoms with Crippen molar-refractivity contribution in [3.63, 3.8) is 0 Å². The summed E-state index contributed by atoms with van der Waals surface area (Å²) in [5.74, 6) is 0.749. The molecule has 1 unspecified atom stereocenters. The Balaban J connectivity index is 1.96. The van der Waals surface area contributed by atoms with Crippen molar-refractivity contribution in [2.24, 2.45) is 0 Å². The van der Waals surface area contributed by atoms with Gasteiger partial charge in [-0.1, -0.05) is 6.42 Å². The predicted molar refractivity (Wildman–Crippen MR) is 87.6 cm³/mol. The zero-order chi connectivity index (χ0) is 15.5. The molecule has 1 fully saturated rings. The standard InChI is InChI=1S/C17H23N3O2/c1-13(12-19-8-4-3-5-9-19)20-16-10-14(22-2)6-7-15(16)18-11-17(20)21/h6-7,10-11,13H,3-5,8-9,12H2,1-2H3. The lowest BCUT2D eigenvalue weighted by atomic mass is 10.1. The molecule has 0 aliphatic carbocycles. The van der Waals surface area contributed by atoms with E-state index >= 15 is 0 Å². The molecule has 118 valence electrons. The summed E-state index contributed by atoms with van der Waals surface area (Å²) in [5.41, 5.74) is 1.62. The predicted octanol–water partition coefficient (Wildman–Crippen LogP) is 2.45. The molecule has 22 heavy (non-hydrogen) atoms. The molecular formula is C17H23N3O2. The topological polar surface area (TPSA) is 47.4 Å². The normalized spacial score (nSPS) is 17.5. The Labute approximate surface area is 130 Å². The maximum absolute atomic E-state index is 12.4. The van der Waals surface area contributed by atoms with Gasteiger partial charge in [0.1, 0.15) is 5.75 Å². The van der Waals surface area contributed by atoms with Crippen molar-refractivity contribution >= 4 is 11.0 Å². The van der Waals surface area contributed by atoms with Crippen molar-refractivity contribution in [3.05, 3.63) is 34.7 Å². The first-order valence-electron chi connectivity index (χ1n) is 7.96. The molecule has 0 N–H and O–H groups in total. The molecule has 5 heteroatoms. The van der Waals surface area contributed by atoms with Crippen LogP contribution in [0.25, 0.3) is 11.0 Å². The van der Waals surface area contributed by atoms with Gasteiger partial charge in [-0.2, -0.15) is 0 Å². The van der Waals surface area contributed by atoms with Crippen LogP contribution in [-0.4, -0.2) is 41.2 Å². The summed E-state index contributed by atoms with van der Waals surface area (Å²) in [6.45, 7) is 5.27. The summed E-state index contributed by atoms with van der Waals surface area (Å²) < 4.78 is 7.14. The lowest BCUT2D eigenvalue weighted by molar-refractivity contribution is 0.202. The smallest absolute Gasteiger partial charge is 0.269 e. The van der Waals surface area contributed by atoms with Crippen LogP contribution in [-0.2, 0) is 0 Å². The lowest BCUT2D eigenvalue weighted by Gasteiger charge is -2.30. The fourth-order valence-electron chi connectivity index (χ4n) is 3.29. The Hall–Kier alpha value is -1.88. The van der Waals surface area contributed by atoms with E-state index in [9.17, 15) is 4.79 Å². The van der Waals surface area contributed by atoms with Gasteiger partial charge in [0.15, 0.2) is 0 Å². The molecule has 1 saturated heterocycles. The Morgan fingerprint density at radius 3 is 2.77 bits per heavy atom. The molecule has 1 atom stereocenters. The van der Waals surface area contributed by atoms with Crippen molar-refractivity contribution in [2.45, 2.75) is 32.2 Å². The van der Waals surface area contributed by atoms with E-state index in [-0.39, 0.29) is 11.6 Å². The highest BCUT2D eigenvalue weighted by molar-refractivity contribution is 5.76. The number of aromatic nitrogens is 2. The quantitative estimate of drug-likeness (QED) is 0.870. The minimum absolute atomic E-state index is 0.0507. The van der Waals surface area contributed by atoms with E-state index in [1.54, 1.807) is 7.11 Å². The molecular weight excluding hydrogens is 278 g/mol. The highest BCUT2D eigenvalue weighted by atomic mass is 16.5. The first kappa shape index (κ1) is 15.0. The number of benzene rings is 1. The summed E-state index contributed by atoms with van der Waals surface area (Å²) in [5, 5.41) is 0. The minimum Gasteiger partial charge on any atom is -0.497 e. The number of methoxy groups -OCH3 is 1. The summed E-state index contributed by atoms with van der Waals surface area (Å²) in [6, 6.07) is 5.79. The third-order valence-electron chi connectivity index (χ3n) is 4.41. The summed E-state index contributed by atoms with van der Waals surface area (Å²) in [6.07, 6.45) is 5.25. The molecule has 0 bridgehead atoms. The van der Waals surface area contributed by atoms with E-state index in [1.807, 2.05) is 22.8 Å². The van der Waals surface area contributed by atoms with E-state index in [2.05, 4.69) is 16.8 Å². The molecule has 0 saturated carbocycles. The third kappa shape index (κ3) is 2.99. The summed E-state index contributed by atoms with van der Waals surface area (Å²) >= 11 is 0. The number of nitrogens with zero attached hydrogens (tertiary/aromatic N) is 3. The molecule has 0 spiro atoms. The van der Waals surface area contributed by atoms with Crippen LogP contribution < -0.4 is 10.3 Å². The number of fused-ring (bicyclic) bond motifs is 1. The van der Waals surface area contributed by atoms with Crippen LogP contribution in [0, 0.1) is 0 Å². The molecule has 0 radical (unpaired) electrons. The fraction of sp³-hybridized carbons (Fsp3) is 0.529. The van der Waals surface area contributed by atoms with Gasteiger partial charge in [-0.25, -0.2) is 4.98 Å². The van der Waals surface area contributed by atoms with Gasteiger partial charge in [-0.15, -0.1) is 0 Å². The van der Waals surface area contributed by atoms with Crippen LogP contribution in [0.3, 0.4) is 0 Å². The van der Waals surface area contributed by atoms with Crippen molar-refractivity contribution in [1.29, 1.82) is 0 Å². The van der Waals surface area contributed by atoms with E-state index in [0.717, 1.165) is 36.4 Å². The molecule has 5 nitrogen and oxygen atoms in total. The van der Waals surface area contributed by atoms with Crippen molar-refractivity contribution in [2.75, 3.05) is 26.7 Å². The summed E-state index contributed by atoms with van der Waals surface area (Å²) in [7, 11) is 1.64. The number of rotatable bonds is 4. The maximum Gasteiger partial charge on any atom is 0.269 e. The van der Waals surface area contributed by atoms with Gasteiger partial charge in [0.25, 0.3) is 5.56 Å². The number of likely N-dealkylation sites (tertiary alicyclic amines) is 1. The van der Waals surface area contributed by atoms with E-state index in [1.165, 1.54) is 25.5 Å². The van der Waals surface area contributed by atoms with Gasteiger partial charge in [0.05, 0.1) is 24.3 Å². The van der Waals surface area contributed by atoms with Gasteiger partial charge in [-0.3, -0.25) is 4.79 Å². The van der Waals surface area contributed by atoms with E-state index in [0.29, 0.717) is 0 Å². The molecule has 1 aromatic carbocycles. The van der Waals surface area contributed by atoms with Crippen molar-refractivity contribution in [3.8, 4) is 5.75 Å². The van der Waals surface area contributed by atoms with Gasteiger partial charge >= 0.3 is 0 Å². The highest BCUT2D eigenvalue weighted by Gasteiger charge is 2.17. The van der Waals surface area contributed by atoms with Crippen LogP contribution >= 0.6 is 0 Å².